The zero-order valence-corrected chi connectivity index (χ0v) is 20.9. The van der Waals surface area contributed by atoms with E-state index in [1.54, 1.807) is 7.05 Å². The molecule has 2 fully saturated rings. The van der Waals surface area contributed by atoms with Gasteiger partial charge in [-0.15, -0.1) is 11.3 Å². The van der Waals surface area contributed by atoms with E-state index in [-0.39, 0.29) is 24.4 Å². The largest absolute Gasteiger partial charge is 0.386 e. The highest BCUT2D eigenvalue weighted by Crippen LogP contribution is 2.35. The number of anilines is 2. The van der Waals surface area contributed by atoms with Gasteiger partial charge in [-0.3, -0.25) is 4.79 Å². The van der Waals surface area contributed by atoms with Crippen molar-refractivity contribution < 1.29 is 13.6 Å². The van der Waals surface area contributed by atoms with Gasteiger partial charge in [-0.25, -0.2) is 13.8 Å². The number of aryl methyl sites for hydroxylation is 1. The van der Waals surface area contributed by atoms with E-state index < -0.39 is 11.6 Å². The minimum atomic E-state index is -0.438. The number of nitrogens with zero attached hydrogens (tertiary/aromatic N) is 2. The number of nitrogens with one attached hydrogen (secondary N) is 3. The van der Waals surface area contributed by atoms with Gasteiger partial charge >= 0.3 is 0 Å². The highest BCUT2D eigenvalue weighted by atomic mass is 32.1. The van der Waals surface area contributed by atoms with Crippen LogP contribution in [0.25, 0.3) is 10.2 Å². The lowest BCUT2D eigenvalue weighted by Crippen LogP contribution is -2.51. The maximum atomic E-state index is 14.9. The number of fused-ring (bicyclic) bond motifs is 3. The summed E-state index contributed by atoms with van der Waals surface area (Å²) in [5, 5.41) is 10.4. The summed E-state index contributed by atoms with van der Waals surface area (Å²) in [6.45, 7) is 3.70. The van der Waals surface area contributed by atoms with Crippen LogP contribution in [0.2, 0.25) is 0 Å². The first-order chi connectivity index (χ1) is 17.0. The fourth-order valence-electron chi connectivity index (χ4n) is 5.22. The van der Waals surface area contributed by atoms with Gasteiger partial charge in [0.05, 0.1) is 11.4 Å². The van der Waals surface area contributed by atoms with Crippen molar-refractivity contribution in [1.29, 1.82) is 0 Å². The molecule has 2 aliphatic rings. The average molecular weight is 500 g/mol. The molecule has 3 aromatic rings. The minimum absolute atomic E-state index is 0.207. The van der Waals surface area contributed by atoms with Crippen molar-refractivity contribution in [3.63, 3.8) is 0 Å². The highest BCUT2D eigenvalue weighted by molar-refractivity contribution is 7.21. The molecule has 186 valence electrons. The number of hydrogen-bond donors (Lipinski definition) is 3. The van der Waals surface area contributed by atoms with Crippen molar-refractivity contribution in [3.05, 3.63) is 52.0 Å². The van der Waals surface area contributed by atoms with Gasteiger partial charge in [0.15, 0.2) is 0 Å². The van der Waals surface area contributed by atoms with Gasteiger partial charge in [-0.2, -0.15) is 0 Å². The van der Waals surface area contributed by atoms with Crippen molar-refractivity contribution in [2.75, 3.05) is 36.9 Å². The Labute approximate surface area is 208 Å². The number of rotatable bonds is 8. The Bertz CT molecular complexity index is 1230. The molecule has 0 saturated carbocycles. The smallest absolute Gasteiger partial charge is 0.263 e. The molecular formula is C26H31F2N5OS. The van der Waals surface area contributed by atoms with E-state index in [4.69, 9.17) is 0 Å². The third kappa shape index (κ3) is 4.84. The summed E-state index contributed by atoms with van der Waals surface area (Å²) in [7, 11) is 1.78. The summed E-state index contributed by atoms with van der Waals surface area (Å²) in [5.41, 5.74) is 2.34. The molecule has 2 atom stereocenters. The van der Waals surface area contributed by atoms with Crippen molar-refractivity contribution in [1.82, 2.24) is 15.6 Å². The van der Waals surface area contributed by atoms with Gasteiger partial charge in [0, 0.05) is 55.9 Å². The van der Waals surface area contributed by atoms with Gasteiger partial charge in [0.1, 0.15) is 21.3 Å². The summed E-state index contributed by atoms with van der Waals surface area (Å²) in [5.74, 6) is -1.10. The number of benzene rings is 1. The lowest BCUT2D eigenvalue weighted by molar-refractivity contribution is 0.0959. The molecule has 2 saturated heterocycles. The summed E-state index contributed by atoms with van der Waals surface area (Å²) in [6, 6.07) is 7.26. The molecular weight excluding hydrogens is 468 g/mol. The molecule has 0 spiro atoms. The molecule has 5 rings (SSSR count). The predicted octanol–water partition coefficient (Wildman–Crippen LogP) is 4.48. The van der Waals surface area contributed by atoms with Crippen molar-refractivity contribution in [2.45, 2.75) is 51.1 Å². The van der Waals surface area contributed by atoms with Gasteiger partial charge in [-0.1, -0.05) is 13.3 Å². The van der Waals surface area contributed by atoms with Crippen LogP contribution in [0.1, 0.15) is 47.1 Å². The molecule has 2 aromatic heterocycles. The SMILES string of the molecule is CCCc1ccc2c(NC)c(C(=O)NCCc3cc(F)c(N4CC5CCC(C4)N5)cc3F)sc2n1. The number of hydrogen-bond acceptors (Lipinski definition) is 6. The molecule has 2 unspecified atom stereocenters. The Hall–Kier alpha value is -2.78. The fourth-order valence-corrected chi connectivity index (χ4v) is 6.33. The van der Waals surface area contributed by atoms with Crippen LogP contribution in [0.15, 0.2) is 24.3 Å². The topological polar surface area (TPSA) is 69.3 Å². The molecule has 2 aliphatic heterocycles. The van der Waals surface area contributed by atoms with Crippen LogP contribution in [-0.2, 0) is 12.8 Å². The van der Waals surface area contributed by atoms with Crippen molar-refractivity contribution in [3.8, 4) is 0 Å². The van der Waals surface area contributed by atoms with E-state index in [1.165, 1.54) is 23.5 Å². The lowest BCUT2D eigenvalue weighted by Gasteiger charge is -2.34. The van der Waals surface area contributed by atoms with Crippen LogP contribution in [0.3, 0.4) is 0 Å². The highest BCUT2D eigenvalue weighted by Gasteiger charge is 2.33. The second-order valence-corrected chi connectivity index (χ2v) is 10.4. The molecule has 3 N–H and O–H groups in total. The second kappa shape index (κ2) is 10.1. The normalized spacial score (nSPS) is 19.4. The Kier molecular flexibility index (Phi) is 6.88. The molecule has 0 radical (unpaired) electrons. The minimum Gasteiger partial charge on any atom is -0.386 e. The van der Waals surface area contributed by atoms with E-state index in [0.717, 1.165) is 47.3 Å². The van der Waals surface area contributed by atoms with Crippen molar-refractivity contribution >= 4 is 38.8 Å². The molecule has 0 aliphatic carbocycles. The van der Waals surface area contributed by atoms with Gasteiger partial charge < -0.3 is 20.9 Å². The van der Waals surface area contributed by atoms with Crippen molar-refractivity contribution in [2.24, 2.45) is 0 Å². The number of piperazine rings is 1. The van der Waals surface area contributed by atoms with Gasteiger partial charge in [-0.05, 0) is 49.4 Å². The maximum absolute atomic E-state index is 14.9. The van der Waals surface area contributed by atoms with E-state index >= 15 is 0 Å². The Balaban J connectivity index is 1.25. The zero-order valence-electron chi connectivity index (χ0n) is 20.1. The summed E-state index contributed by atoms with van der Waals surface area (Å²) < 4.78 is 29.8. The molecule has 1 aromatic carbocycles. The summed E-state index contributed by atoms with van der Waals surface area (Å²) in [6.07, 6.45) is 4.26. The Morgan fingerprint density at radius 2 is 1.94 bits per heavy atom. The summed E-state index contributed by atoms with van der Waals surface area (Å²) >= 11 is 1.34. The van der Waals surface area contributed by atoms with Gasteiger partial charge in [0.2, 0.25) is 0 Å². The first-order valence-electron chi connectivity index (χ1n) is 12.3. The average Bonchev–Trinajstić information content (AvgIpc) is 3.39. The quantitative estimate of drug-likeness (QED) is 0.426. The summed E-state index contributed by atoms with van der Waals surface area (Å²) in [4.78, 5) is 20.9. The van der Waals surface area contributed by atoms with Gasteiger partial charge in [0.25, 0.3) is 5.91 Å². The fraction of sp³-hybridized carbons (Fsp3) is 0.462. The number of carbonyl (C=O) groups is 1. The third-order valence-electron chi connectivity index (χ3n) is 6.93. The monoisotopic (exact) mass is 499 g/mol. The molecule has 2 bridgehead atoms. The van der Waals surface area contributed by atoms with Crippen LogP contribution >= 0.6 is 11.3 Å². The Morgan fingerprint density at radius 1 is 1.17 bits per heavy atom. The lowest BCUT2D eigenvalue weighted by atomic mass is 10.1. The van der Waals surface area contributed by atoms with E-state index in [1.807, 2.05) is 17.0 Å². The van der Waals surface area contributed by atoms with E-state index in [0.29, 0.717) is 35.7 Å². The van der Waals surface area contributed by atoms with Crippen LogP contribution in [0.5, 0.6) is 0 Å². The first-order valence-corrected chi connectivity index (χ1v) is 13.2. The van der Waals surface area contributed by atoms with Crippen LogP contribution in [-0.4, -0.2) is 49.7 Å². The second-order valence-electron chi connectivity index (χ2n) is 9.41. The number of pyridine rings is 1. The standard InChI is InChI=1S/C26H31F2N5OS/c1-3-4-16-7-8-19-23(29-2)24(35-26(19)32-16)25(34)30-10-9-15-11-21(28)22(12-20(15)27)33-13-17-5-6-18(14-33)31-17/h7-8,11-12,17-18,29,31H,3-6,9-10,13-14H2,1-2H3,(H,30,34). The van der Waals surface area contributed by atoms with Crippen LogP contribution in [0, 0.1) is 11.6 Å². The molecule has 35 heavy (non-hydrogen) atoms. The number of carbonyl (C=O) groups excluding carboxylic acids is 1. The number of aromatic nitrogens is 1. The predicted molar refractivity (Wildman–Crippen MR) is 138 cm³/mol. The van der Waals surface area contributed by atoms with E-state index in [2.05, 4.69) is 27.9 Å². The molecule has 9 heteroatoms. The third-order valence-corrected chi connectivity index (χ3v) is 8.03. The zero-order chi connectivity index (χ0) is 24.5. The van der Waals surface area contributed by atoms with Crippen LogP contribution in [0.4, 0.5) is 20.2 Å². The van der Waals surface area contributed by atoms with E-state index in [9.17, 15) is 13.6 Å². The molecule has 1 amide bonds. The van der Waals surface area contributed by atoms with Crippen LogP contribution < -0.4 is 20.9 Å². The number of thiophene rings is 1. The number of amides is 1. The maximum Gasteiger partial charge on any atom is 0.263 e. The number of halogens is 2. The molecule has 6 nitrogen and oxygen atoms in total. The Morgan fingerprint density at radius 3 is 2.66 bits per heavy atom. The molecule has 4 heterocycles. The first kappa shape index (κ1) is 23.9.